The Morgan fingerprint density at radius 2 is 1.65 bits per heavy atom. The van der Waals surface area contributed by atoms with E-state index in [2.05, 4.69) is 63.5 Å². The molecule has 1 aliphatic heterocycles. The number of aliphatic imine (C=N–C) groups is 1. The summed E-state index contributed by atoms with van der Waals surface area (Å²) in [5.74, 6) is 4.53. The lowest BCUT2D eigenvalue weighted by Gasteiger charge is -2.62. The maximum Gasteiger partial charge on any atom is 0.222 e. The highest BCUT2D eigenvalue weighted by Gasteiger charge is 2.63. The van der Waals surface area contributed by atoms with Gasteiger partial charge in [-0.05, 0) is 103 Å². The molecule has 0 aromatic rings. The number of rotatable bonds is 5. The van der Waals surface area contributed by atoms with Crippen molar-refractivity contribution in [2.45, 2.75) is 112 Å². The van der Waals surface area contributed by atoms with Gasteiger partial charge in [0.2, 0.25) is 5.96 Å². The minimum Gasteiger partial charge on any atom is -0.393 e. The molecule has 0 aromatic heterocycles. The minimum atomic E-state index is -0.146. The summed E-state index contributed by atoms with van der Waals surface area (Å²) in [6.07, 6.45) is 13.2. The molecule has 194 valence electrons. The Bertz CT molecular complexity index is 788. The molecule has 0 radical (unpaired) electrons. The quantitative estimate of drug-likeness (QED) is 0.392. The van der Waals surface area contributed by atoms with E-state index in [0.717, 1.165) is 36.7 Å². The molecular weight excluding hydrogens is 422 g/mol. The predicted octanol–water partition coefficient (Wildman–Crippen LogP) is 4.92. The number of hydrogen-bond donors (Lipinski definition) is 5. The summed E-state index contributed by atoms with van der Waals surface area (Å²) in [6, 6.07) is 0. The lowest BCUT2D eigenvalue weighted by molar-refractivity contribution is -0.167. The van der Waals surface area contributed by atoms with Crippen LogP contribution in [0.1, 0.15) is 106 Å². The molecule has 1 saturated heterocycles. The number of nitrogens with one attached hydrogen (secondary N) is 4. The van der Waals surface area contributed by atoms with Crippen LogP contribution < -0.4 is 21.9 Å². The summed E-state index contributed by atoms with van der Waals surface area (Å²) in [6.45, 7) is 15.4. The molecule has 5 N–H and O–H groups in total. The second-order valence-corrected chi connectivity index (χ2v) is 14.4. The SMILES string of the molecule is CC12CCCCC1CCC1C2CC(O)C2(C)C(CC(C)(C)C(C)(C)CN=C3NNNN3)CCC12. The summed E-state index contributed by atoms with van der Waals surface area (Å²) in [4.78, 5) is 4.77. The van der Waals surface area contributed by atoms with E-state index in [4.69, 9.17) is 4.99 Å². The summed E-state index contributed by atoms with van der Waals surface area (Å²) in [5, 5.41) is 11.8. The highest BCUT2D eigenvalue weighted by Crippen LogP contribution is 2.68. The van der Waals surface area contributed by atoms with E-state index in [-0.39, 0.29) is 22.3 Å². The monoisotopic (exact) mass is 473 g/mol. The maximum absolute atomic E-state index is 11.8. The molecular formula is C28H51N5O. The molecule has 8 unspecified atom stereocenters. The average molecular weight is 474 g/mol. The number of nitrogens with zero attached hydrogens (tertiary/aromatic N) is 1. The molecule has 4 aliphatic carbocycles. The first-order chi connectivity index (χ1) is 16.0. The minimum absolute atomic E-state index is 0.0518. The zero-order valence-electron chi connectivity index (χ0n) is 22.6. The highest BCUT2D eigenvalue weighted by atomic mass is 16.3. The fourth-order valence-electron chi connectivity index (χ4n) is 9.39. The third-order valence-corrected chi connectivity index (χ3v) is 12.5. The number of aliphatic hydroxyl groups excluding tert-OH is 1. The van der Waals surface area contributed by atoms with Crippen LogP contribution in [0.15, 0.2) is 4.99 Å². The van der Waals surface area contributed by atoms with Crippen LogP contribution in [0.25, 0.3) is 0 Å². The van der Waals surface area contributed by atoms with Crippen LogP contribution >= 0.6 is 0 Å². The Labute approximate surface area is 207 Å². The van der Waals surface area contributed by atoms with Gasteiger partial charge in [0.25, 0.3) is 0 Å². The smallest absolute Gasteiger partial charge is 0.222 e. The van der Waals surface area contributed by atoms with Crippen molar-refractivity contribution in [1.82, 2.24) is 21.9 Å². The molecule has 0 spiro atoms. The number of hydrazine groups is 3. The zero-order valence-corrected chi connectivity index (χ0v) is 22.6. The van der Waals surface area contributed by atoms with Gasteiger partial charge in [0.15, 0.2) is 0 Å². The Hall–Kier alpha value is -0.850. The summed E-state index contributed by atoms with van der Waals surface area (Å²) >= 11 is 0. The van der Waals surface area contributed by atoms with E-state index in [1.54, 1.807) is 0 Å². The Kier molecular flexibility index (Phi) is 6.30. The fourth-order valence-corrected chi connectivity index (χ4v) is 9.39. The molecule has 5 rings (SSSR count). The van der Waals surface area contributed by atoms with Crippen molar-refractivity contribution in [3.05, 3.63) is 0 Å². The lowest BCUT2D eigenvalue weighted by atomic mass is 9.44. The van der Waals surface area contributed by atoms with Crippen LogP contribution in [-0.2, 0) is 0 Å². The molecule has 0 bridgehead atoms. The number of hydrogen-bond acceptors (Lipinski definition) is 4. The first-order valence-corrected chi connectivity index (χ1v) is 14.2. The number of aliphatic hydroxyl groups is 1. The first-order valence-electron chi connectivity index (χ1n) is 14.2. The Morgan fingerprint density at radius 3 is 2.38 bits per heavy atom. The topological polar surface area (TPSA) is 80.7 Å². The summed E-state index contributed by atoms with van der Waals surface area (Å²) < 4.78 is 0. The molecule has 4 saturated carbocycles. The largest absolute Gasteiger partial charge is 0.393 e. The van der Waals surface area contributed by atoms with Crippen LogP contribution in [0.4, 0.5) is 0 Å². The second-order valence-electron chi connectivity index (χ2n) is 14.4. The molecule has 34 heavy (non-hydrogen) atoms. The van der Waals surface area contributed by atoms with Crippen molar-refractivity contribution < 1.29 is 5.11 Å². The van der Waals surface area contributed by atoms with Gasteiger partial charge < -0.3 is 5.11 Å². The van der Waals surface area contributed by atoms with Gasteiger partial charge in [-0.25, -0.2) is 0 Å². The fraction of sp³-hybridized carbons (Fsp3) is 0.964. The molecule has 5 aliphatic rings. The molecule has 1 heterocycles. The predicted molar refractivity (Wildman–Crippen MR) is 138 cm³/mol. The van der Waals surface area contributed by atoms with E-state index < -0.39 is 0 Å². The van der Waals surface area contributed by atoms with E-state index in [1.165, 1.54) is 57.8 Å². The maximum atomic E-state index is 11.8. The van der Waals surface area contributed by atoms with Gasteiger partial charge >= 0.3 is 0 Å². The van der Waals surface area contributed by atoms with Crippen LogP contribution in [0, 0.1) is 51.2 Å². The number of guanidine groups is 1. The van der Waals surface area contributed by atoms with Gasteiger partial charge in [-0.3, -0.25) is 15.8 Å². The van der Waals surface area contributed by atoms with E-state index in [9.17, 15) is 5.11 Å². The van der Waals surface area contributed by atoms with E-state index in [0.29, 0.717) is 17.3 Å². The van der Waals surface area contributed by atoms with Crippen LogP contribution in [0.2, 0.25) is 0 Å². The molecule has 6 nitrogen and oxygen atoms in total. The van der Waals surface area contributed by atoms with Gasteiger partial charge in [0.1, 0.15) is 0 Å². The van der Waals surface area contributed by atoms with Gasteiger partial charge in [-0.2, -0.15) is 11.1 Å². The van der Waals surface area contributed by atoms with Gasteiger partial charge in [-0.15, -0.1) is 0 Å². The summed E-state index contributed by atoms with van der Waals surface area (Å²) in [5.41, 5.74) is 12.4. The first kappa shape index (κ1) is 24.8. The lowest BCUT2D eigenvalue weighted by Crippen LogP contribution is -2.58. The van der Waals surface area contributed by atoms with E-state index >= 15 is 0 Å². The van der Waals surface area contributed by atoms with Crippen LogP contribution in [0.5, 0.6) is 0 Å². The standard InChI is InChI=1S/C28H51N5O/c1-25(2,26(3,4)17-29-24-30-32-33-31-24)16-19-11-13-21-20-12-10-18-9-7-8-14-27(18,5)22(20)15-23(34)28(19,21)6/h18-23,32-34H,7-17H2,1-6H3,(H2,29,30,31). The Balaban J connectivity index is 1.33. The molecule has 0 amide bonds. The van der Waals surface area contributed by atoms with Crippen molar-refractivity contribution in [2.24, 2.45) is 56.2 Å². The van der Waals surface area contributed by atoms with Crippen molar-refractivity contribution in [1.29, 1.82) is 0 Å². The number of fused-ring (bicyclic) bond motifs is 5. The van der Waals surface area contributed by atoms with Gasteiger partial charge in [-0.1, -0.05) is 54.4 Å². The van der Waals surface area contributed by atoms with Crippen LogP contribution in [-0.4, -0.2) is 23.7 Å². The average Bonchev–Trinajstić information content (AvgIpc) is 3.42. The van der Waals surface area contributed by atoms with E-state index in [1.807, 2.05) is 0 Å². The third-order valence-electron chi connectivity index (χ3n) is 12.5. The molecule has 6 heteroatoms. The molecule has 8 atom stereocenters. The van der Waals surface area contributed by atoms with Crippen molar-refractivity contribution >= 4 is 5.96 Å². The third kappa shape index (κ3) is 3.82. The van der Waals surface area contributed by atoms with Gasteiger partial charge in [0.05, 0.1) is 6.10 Å². The normalized spacial score (nSPS) is 44.5. The molecule has 0 aromatic carbocycles. The second kappa shape index (κ2) is 8.62. The molecule has 5 fully saturated rings. The van der Waals surface area contributed by atoms with Crippen molar-refractivity contribution in [2.75, 3.05) is 6.54 Å². The highest BCUT2D eigenvalue weighted by molar-refractivity contribution is 5.79. The van der Waals surface area contributed by atoms with Crippen LogP contribution in [0.3, 0.4) is 0 Å². The Morgan fingerprint density at radius 1 is 0.912 bits per heavy atom. The summed E-state index contributed by atoms with van der Waals surface area (Å²) in [7, 11) is 0. The van der Waals surface area contributed by atoms with Gasteiger partial charge in [0, 0.05) is 6.54 Å². The van der Waals surface area contributed by atoms with Crippen molar-refractivity contribution in [3.63, 3.8) is 0 Å². The zero-order chi connectivity index (χ0) is 24.4. The van der Waals surface area contributed by atoms with Crippen molar-refractivity contribution in [3.8, 4) is 0 Å².